The molecule has 0 aromatic heterocycles. The van der Waals surface area contributed by atoms with Crippen LogP contribution in [0.25, 0.3) is 0 Å². The number of amides is 2. The summed E-state index contributed by atoms with van der Waals surface area (Å²) in [6.07, 6.45) is 11.0. The zero-order chi connectivity index (χ0) is 40.9. The Morgan fingerprint density at radius 1 is 0.621 bits per heavy atom. The molecular formula is C50H59NO7. The Hall–Kier alpha value is -5.08. The normalized spacial score (nSPS) is 16.7. The molecule has 0 bridgehead atoms. The van der Waals surface area contributed by atoms with E-state index in [0.717, 1.165) is 81.8 Å². The number of Topliss-reactive ketones (excluding diaryl/α,β-unsaturated/α-hetero) is 2. The summed E-state index contributed by atoms with van der Waals surface area (Å²) < 4.78 is 18.0. The molecule has 1 aliphatic heterocycles. The Kier molecular flexibility index (Phi) is 15.1. The van der Waals surface area contributed by atoms with Gasteiger partial charge in [-0.3, -0.25) is 24.5 Å². The first kappa shape index (κ1) is 42.5. The SMILES string of the molecule is Cc1cccc(COc2ccc(C(C)(C)c3ccc(OCCCCCCCCOCCCCCc4ccc5c(c4)C(=O)C(C4CCC(=O)NC4=O)C5=O)cc3)cc2)c1. The van der Waals surface area contributed by atoms with Crippen molar-refractivity contribution in [1.29, 1.82) is 0 Å². The smallest absolute Gasteiger partial charge is 0.230 e. The van der Waals surface area contributed by atoms with Crippen molar-refractivity contribution in [3.05, 3.63) is 130 Å². The van der Waals surface area contributed by atoms with Crippen LogP contribution >= 0.6 is 0 Å². The van der Waals surface area contributed by atoms with Crippen LogP contribution in [0, 0.1) is 18.8 Å². The first-order chi connectivity index (χ1) is 28.1. The zero-order valence-electron chi connectivity index (χ0n) is 34.5. The number of ether oxygens (including phenoxy) is 3. The first-order valence-corrected chi connectivity index (χ1v) is 21.2. The molecule has 1 saturated heterocycles. The van der Waals surface area contributed by atoms with Crippen LogP contribution in [0.1, 0.15) is 133 Å². The van der Waals surface area contributed by atoms with E-state index >= 15 is 0 Å². The molecule has 0 radical (unpaired) electrons. The standard InChI is InChI=1S/C50H59NO7/c1-35-14-13-16-37(32-35)34-58-41-24-20-39(21-25-41)50(2,3)38-18-22-40(23-19-38)57-31-12-7-5-4-6-10-29-56-30-11-8-9-15-36-17-26-42-44(33-36)48(54)46(47(42)53)43-27-28-45(52)51-49(43)55/h13-14,16-26,32-33,43,46H,4-12,15,27-31,34H2,1-3H3,(H,51,52,55). The average molecular weight is 786 g/mol. The number of imide groups is 1. The number of carbonyl (C=O) groups excluding carboxylic acids is 4. The van der Waals surface area contributed by atoms with Gasteiger partial charge in [-0.15, -0.1) is 0 Å². The highest BCUT2D eigenvalue weighted by molar-refractivity contribution is 6.28. The Balaban J connectivity index is 0.767. The Labute approximate surface area is 344 Å². The quantitative estimate of drug-likeness (QED) is 0.0480. The molecule has 2 amide bonds. The highest BCUT2D eigenvalue weighted by Gasteiger charge is 2.47. The molecule has 2 aliphatic rings. The van der Waals surface area contributed by atoms with E-state index in [1.807, 2.05) is 12.1 Å². The van der Waals surface area contributed by atoms with E-state index in [2.05, 4.69) is 98.9 Å². The summed E-state index contributed by atoms with van der Waals surface area (Å²) in [5, 5.41) is 2.27. The largest absolute Gasteiger partial charge is 0.494 e. The van der Waals surface area contributed by atoms with E-state index in [1.54, 1.807) is 6.07 Å². The van der Waals surface area contributed by atoms with Crippen molar-refractivity contribution in [2.24, 2.45) is 11.8 Å². The number of piperidine rings is 1. The third kappa shape index (κ3) is 11.3. The molecule has 0 saturated carbocycles. The lowest BCUT2D eigenvalue weighted by Gasteiger charge is -2.26. The summed E-state index contributed by atoms with van der Waals surface area (Å²) >= 11 is 0. The zero-order valence-corrected chi connectivity index (χ0v) is 34.5. The van der Waals surface area contributed by atoms with Crippen molar-refractivity contribution in [2.45, 2.75) is 110 Å². The van der Waals surface area contributed by atoms with Gasteiger partial charge in [0.25, 0.3) is 0 Å². The van der Waals surface area contributed by atoms with Gasteiger partial charge in [0.1, 0.15) is 18.1 Å². The van der Waals surface area contributed by atoms with E-state index in [4.69, 9.17) is 14.2 Å². The van der Waals surface area contributed by atoms with Crippen molar-refractivity contribution in [1.82, 2.24) is 5.32 Å². The van der Waals surface area contributed by atoms with Crippen molar-refractivity contribution in [2.75, 3.05) is 19.8 Å². The van der Waals surface area contributed by atoms with E-state index < -0.39 is 17.7 Å². The summed E-state index contributed by atoms with van der Waals surface area (Å²) in [5.74, 6) is -1.48. The van der Waals surface area contributed by atoms with Gasteiger partial charge in [0.15, 0.2) is 11.6 Å². The minimum atomic E-state index is -1.02. The number of carbonyl (C=O) groups is 4. The van der Waals surface area contributed by atoms with Gasteiger partial charge in [-0.05, 0) is 98.0 Å². The fourth-order valence-corrected chi connectivity index (χ4v) is 8.10. The van der Waals surface area contributed by atoms with E-state index in [0.29, 0.717) is 17.7 Å². The topological polar surface area (TPSA) is 108 Å². The number of hydrogen-bond acceptors (Lipinski definition) is 7. The molecule has 4 aromatic carbocycles. The lowest BCUT2D eigenvalue weighted by molar-refractivity contribution is -0.137. The molecule has 2 atom stereocenters. The molecule has 2 unspecified atom stereocenters. The third-order valence-corrected chi connectivity index (χ3v) is 11.7. The lowest BCUT2D eigenvalue weighted by Crippen LogP contribution is -2.46. The second-order valence-electron chi connectivity index (χ2n) is 16.5. The Morgan fingerprint density at radius 2 is 1.22 bits per heavy atom. The van der Waals surface area contributed by atoms with E-state index in [1.165, 1.54) is 41.5 Å². The molecule has 8 nitrogen and oxygen atoms in total. The van der Waals surface area contributed by atoms with Gasteiger partial charge in [0.2, 0.25) is 11.8 Å². The predicted molar refractivity (Wildman–Crippen MR) is 227 cm³/mol. The number of aryl methyl sites for hydroxylation is 2. The van der Waals surface area contributed by atoms with Crippen LogP contribution in [0.3, 0.4) is 0 Å². The minimum absolute atomic E-state index is 0.145. The highest BCUT2D eigenvalue weighted by Crippen LogP contribution is 2.36. The summed E-state index contributed by atoms with van der Waals surface area (Å²) in [6.45, 7) is 9.42. The fourth-order valence-electron chi connectivity index (χ4n) is 8.10. The molecule has 58 heavy (non-hydrogen) atoms. The first-order valence-electron chi connectivity index (χ1n) is 21.2. The molecule has 1 heterocycles. The van der Waals surface area contributed by atoms with Crippen LogP contribution in [0.2, 0.25) is 0 Å². The van der Waals surface area contributed by atoms with Crippen LogP contribution in [-0.2, 0) is 32.8 Å². The van der Waals surface area contributed by atoms with Crippen LogP contribution in [0.5, 0.6) is 11.5 Å². The highest BCUT2D eigenvalue weighted by atomic mass is 16.5. The lowest BCUT2D eigenvalue weighted by atomic mass is 9.78. The molecule has 1 N–H and O–H groups in total. The maximum Gasteiger partial charge on any atom is 0.230 e. The summed E-state index contributed by atoms with van der Waals surface area (Å²) in [6, 6.07) is 30.8. The number of hydrogen-bond donors (Lipinski definition) is 1. The van der Waals surface area contributed by atoms with Gasteiger partial charge in [0, 0.05) is 36.2 Å². The van der Waals surface area contributed by atoms with E-state index in [-0.39, 0.29) is 35.7 Å². The second kappa shape index (κ2) is 20.6. The third-order valence-electron chi connectivity index (χ3n) is 11.7. The molecule has 4 aromatic rings. The number of unbranched alkanes of at least 4 members (excludes halogenated alkanes) is 7. The minimum Gasteiger partial charge on any atom is -0.494 e. The van der Waals surface area contributed by atoms with E-state index in [9.17, 15) is 19.2 Å². The van der Waals surface area contributed by atoms with Crippen molar-refractivity contribution in [3.8, 4) is 11.5 Å². The summed E-state index contributed by atoms with van der Waals surface area (Å²) in [7, 11) is 0. The number of benzene rings is 4. The fraction of sp³-hybridized carbons (Fsp3) is 0.440. The van der Waals surface area contributed by atoms with Crippen LogP contribution in [-0.4, -0.2) is 43.2 Å². The Bertz CT molecular complexity index is 2020. The molecule has 1 aliphatic carbocycles. The molecular weight excluding hydrogens is 727 g/mol. The van der Waals surface area contributed by atoms with Crippen molar-refractivity contribution >= 4 is 23.4 Å². The predicted octanol–water partition coefficient (Wildman–Crippen LogP) is 10.1. The van der Waals surface area contributed by atoms with Gasteiger partial charge in [-0.25, -0.2) is 0 Å². The van der Waals surface area contributed by atoms with Gasteiger partial charge >= 0.3 is 0 Å². The van der Waals surface area contributed by atoms with Gasteiger partial charge in [-0.2, -0.15) is 0 Å². The summed E-state index contributed by atoms with van der Waals surface area (Å²) in [4.78, 5) is 50.0. The van der Waals surface area contributed by atoms with Gasteiger partial charge in [-0.1, -0.05) is 112 Å². The van der Waals surface area contributed by atoms with Crippen molar-refractivity contribution in [3.63, 3.8) is 0 Å². The molecule has 6 rings (SSSR count). The molecule has 1 fully saturated rings. The second-order valence-corrected chi connectivity index (χ2v) is 16.5. The number of nitrogens with one attached hydrogen (secondary N) is 1. The number of fused-ring (bicyclic) bond motifs is 1. The number of rotatable bonds is 22. The van der Waals surface area contributed by atoms with Gasteiger partial charge < -0.3 is 14.2 Å². The van der Waals surface area contributed by atoms with Crippen LogP contribution in [0.4, 0.5) is 0 Å². The number of ketones is 2. The summed E-state index contributed by atoms with van der Waals surface area (Å²) in [5.41, 5.74) is 6.57. The van der Waals surface area contributed by atoms with Crippen LogP contribution in [0.15, 0.2) is 91.0 Å². The van der Waals surface area contributed by atoms with Gasteiger partial charge in [0.05, 0.1) is 18.4 Å². The molecule has 306 valence electrons. The maximum atomic E-state index is 13.1. The van der Waals surface area contributed by atoms with Crippen molar-refractivity contribution < 1.29 is 33.4 Å². The maximum absolute atomic E-state index is 13.1. The molecule has 0 spiro atoms. The monoisotopic (exact) mass is 785 g/mol. The Morgan fingerprint density at radius 3 is 1.88 bits per heavy atom. The average Bonchev–Trinajstić information content (AvgIpc) is 3.46. The van der Waals surface area contributed by atoms with Crippen LogP contribution < -0.4 is 14.8 Å². The molecule has 8 heteroatoms.